The van der Waals surface area contributed by atoms with Crippen molar-refractivity contribution in [2.24, 2.45) is 5.92 Å². The molecule has 0 aliphatic carbocycles. The van der Waals surface area contributed by atoms with E-state index in [1.54, 1.807) is 10.9 Å². The monoisotopic (exact) mass is 269 g/mol. The van der Waals surface area contributed by atoms with E-state index in [-0.39, 0.29) is 5.38 Å². The van der Waals surface area contributed by atoms with Crippen LogP contribution in [0.1, 0.15) is 43.6 Å². The molecule has 0 bridgehead atoms. The van der Waals surface area contributed by atoms with E-state index >= 15 is 0 Å². The molecule has 0 saturated heterocycles. The van der Waals surface area contributed by atoms with Crippen molar-refractivity contribution in [3.8, 4) is 0 Å². The molecule has 18 heavy (non-hydrogen) atoms. The van der Waals surface area contributed by atoms with Crippen molar-refractivity contribution in [1.29, 1.82) is 0 Å². The van der Waals surface area contributed by atoms with Crippen molar-refractivity contribution in [3.05, 3.63) is 23.6 Å². The lowest BCUT2D eigenvalue weighted by atomic mass is 10.1. The Morgan fingerprint density at radius 3 is 2.78 bits per heavy atom. The second-order valence-electron chi connectivity index (χ2n) is 4.66. The van der Waals surface area contributed by atoms with E-state index in [9.17, 15) is 0 Å². The van der Waals surface area contributed by atoms with Gasteiger partial charge in [0, 0.05) is 6.42 Å². The van der Waals surface area contributed by atoms with Gasteiger partial charge in [0.2, 0.25) is 5.89 Å². The average molecular weight is 270 g/mol. The zero-order valence-electron chi connectivity index (χ0n) is 10.7. The van der Waals surface area contributed by atoms with Crippen LogP contribution in [0.4, 0.5) is 0 Å². The summed E-state index contributed by atoms with van der Waals surface area (Å²) in [7, 11) is 0. The van der Waals surface area contributed by atoms with Gasteiger partial charge in [0.05, 0.1) is 11.6 Å². The lowest BCUT2D eigenvalue weighted by Gasteiger charge is -1.96. The quantitative estimate of drug-likeness (QED) is 0.779. The molecule has 0 aliphatic heterocycles. The third-order valence-corrected chi connectivity index (χ3v) is 2.58. The number of hydrogen-bond donors (Lipinski definition) is 0. The van der Waals surface area contributed by atoms with Gasteiger partial charge >= 0.3 is 0 Å². The zero-order chi connectivity index (χ0) is 13.1. The van der Waals surface area contributed by atoms with Crippen LogP contribution in [0.3, 0.4) is 0 Å². The summed E-state index contributed by atoms with van der Waals surface area (Å²) >= 11 is 5.92. The van der Waals surface area contributed by atoms with E-state index in [1.807, 2.05) is 6.92 Å². The predicted octanol–water partition coefficient (Wildman–Crippen LogP) is 2.21. The summed E-state index contributed by atoms with van der Waals surface area (Å²) < 4.78 is 6.80. The molecular formula is C11H16ClN5O. The largest absolute Gasteiger partial charge is 0.339 e. The Balaban J connectivity index is 2.02. The number of hydrogen-bond acceptors (Lipinski definition) is 5. The first-order valence-electron chi connectivity index (χ1n) is 5.90. The smallest absolute Gasteiger partial charge is 0.226 e. The fourth-order valence-electron chi connectivity index (χ4n) is 1.50. The van der Waals surface area contributed by atoms with Crippen LogP contribution in [-0.2, 0) is 13.0 Å². The van der Waals surface area contributed by atoms with E-state index in [1.165, 1.54) is 0 Å². The molecule has 6 nitrogen and oxygen atoms in total. The van der Waals surface area contributed by atoms with Gasteiger partial charge in [-0.1, -0.05) is 24.2 Å². The zero-order valence-corrected chi connectivity index (χ0v) is 11.4. The average Bonchev–Trinajstić information content (AvgIpc) is 2.88. The topological polar surface area (TPSA) is 69.6 Å². The molecule has 0 amide bonds. The van der Waals surface area contributed by atoms with Crippen molar-refractivity contribution in [2.75, 3.05) is 0 Å². The normalized spacial score (nSPS) is 13.2. The number of nitrogens with zero attached hydrogens (tertiary/aromatic N) is 5. The SMILES string of the molecule is CC(C)Cc1nc(Cn2cc(C(C)Cl)nn2)no1. The molecule has 7 heteroatoms. The molecule has 0 spiro atoms. The van der Waals surface area contributed by atoms with E-state index in [0.29, 0.717) is 24.2 Å². The molecule has 2 aromatic rings. The standard InChI is InChI=1S/C11H16ClN5O/c1-7(2)4-11-13-10(15-18-11)6-17-5-9(8(3)12)14-16-17/h5,7-8H,4,6H2,1-3H3. The minimum atomic E-state index is -0.152. The minimum Gasteiger partial charge on any atom is -0.339 e. The summed E-state index contributed by atoms with van der Waals surface area (Å²) in [5.41, 5.74) is 0.738. The van der Waals surface area contributed by atoms with Crippen LogP contribution in [0.5, 0.6) is 0 Å². The van der Waals surface area contributed by atoms with Gasteiger partial charge in [0.25, 0.3) is 0 Å². The Labute approximate surface area is 110 Å². The highest BCUT2D eigenvalue weighted by Crippen LogP contribution is 2.15. The lowest BCUT2D eigenvalue weighted by Crippen LogP contribution is -2.02. The van der Waals surface area contributed by atoms with Crippen LogP contribution in [0.2, 0.25) is 0 Å². The summed E-state index contributed by atoms with van der Waals surface area (Å²) in [6.07, 6.45) is 2.57. The molecule has 0 radical (unpaired) electrons. The highest BCUT2D eigenvalue weighted by molar-refractivity contribution is 6.20. The molecule has 0 saturated carbocycles. The van der Waals surface area contributed by atoms with Crippen molar-refractivity contribution >= 4 is 11.6 Å². The van der Waals surface area contributed by atoms with E-state index < -0.39 is 0 Å². The number of aromatic nitrogens is 5. The van der Waals surface area contributed by atoms with Crippen molar-refractivity contribution in [1.82, 2.24) is 25.1 Å². The summed E-state index contributed by atoms with van der Waals surface area (Å²) in [5, 5.41) is 11.7. The second kappa shape index (κ2) is 5.48. The van der Waals surface area contributed by atoms with Crippen LogP contribution in [0.15, 0.2) is 10.7 Å². The van der Waals surface area contributed by atoms with Gasteiger partial charge in [-0.15, -0.1) is 16.7 Å². The van der Waals surface area contributed by atoms with E-state index in [0.717, 1.165) is 12.1 Å². The Bertz CT molecular complexity index is 505. The summed E-state index contributed by atoms with van der Waals surface area (Å²) in [5.74, 6) is 1.75. The first kappa shape index (κ1) is 13.0. The van der Waals surface area contributed by atoms with E-state index in [4.69, 9.17) is 16.1 Å². The maximum absolute atomic E-state index is 5.92. The van der Waals surface area contributed by atoms with Gasteiger partial charge < -0.3 is 4.52 Å². The molecule has 2 rings (SSSR count). The Morgan fingerprint density at radius 1 is 1.39 bits per heavy atom. The molecule has 0 N–H and O–H groups in total. The first-order valence-corrected chi connectivity index (χ1v) is 6.33. The van der Waals surface area contributed by atoms with Crippen LogP contribution >= 0.6 is 11.6 Å². The van der Waals surface area contributed by atoms with Crippen molar-refractivity contribution in [3.63, 3.8) is 0 Å². The molecular weight excluding hydrogens is 254 g/mol. The maximum Gasteiger partial charge on any atom is 0.226 e. The van der Waals surface area contributed by atoms with E-state index in [2.05, 4.69) is 34.3 Å². The summed E-state index contributed by atoms with van der Waals surface area (Å²) in [4.78, 5) is 4.30. The molecule has 1 atom stereocenters. The minimum absolute atomic E-state index is 0.152. The summed E-state index contributed by atoms with van der Waals surface area (Å²) in [6, 6.07) is 0. The van der Waals surface area contributed by atoms with Crippen LogP contribution in [0.25, 0.3) is 0 Å². The highest BCUT2D eigenvalue weighted by Gasteiger charge is 2.11. The molecule has 0 aliphatic rings. The van der Waals surface area contributed by atoms with Crippen LogP contribution < -0.4 is 0 Å². The number of halogens is 1. The second-order valence-corrected chi connectivity index (χ2v) is 5.31. The Hall–Kier alpha value is -1.43. The molecule has 98 valence electrons. The molecule has 2 heterocycles. The third-order valence-electron chi connectivity index (χ3n) is 2.36. The fourth-order valence-corrected chi connectivity index (χ4v) is 1.60. The van der Waals surface area contributed by atoms with Gasteiger partial charge in [-0.25, -0.2) is 4.68 Å². The lowest BCUT2D eigenvalue weighted by molar-refractivity contribution is 0.357. The van der Waals surface area contributed by atoms with Crippen molar-refractivity contribution < 1.29 is 4.52 Å². The highest BCUT2D eigenvalue weighted by atomic mass is 35.5. The summed E-state index contributed by atoms with van der Waals surface area (Å²) in [6.45, 7) is 6.51. The van der Waals surface area contributed by atoms with Gasteiger partial charge in [0.1, 0.15) is 12.2 Å². The Kier molecular flexibility index (Phi) is 3.96. The third kappa shape index (κ3) is 3.29. The predicted molar refractivity (Wildman–Crippen MR) is 66.2 cm³/mol. The van der Waals surface area contributed by atoms with Gasteiger partial charge in [-0.2, -0.15) is 4.98 Å². The first-order chi connectivity index (χ1) is 8.54. The molecule has 2 aromatic heterocycles. The molecule has 0 fully saturated rings. The van der Waals surface area contributed by atoms with Gasteiger partial charge in [-0.05, 0) is 12.8 Å². The van der Waals surface area contributed by atoms with Crippen LogP contribution in [0, 0.1) is 5.92 Å². The number of alkyl halides is 1. The molecule has 0 aromatic carbocycles. The number of rotatable bonds is 5. The molecule has 1 unspecified atom stereocenters. The van der Waals surface area contributed by atoms with Crippen LogP contribution in [-0.4, -0.2) is 25.1 Å². The Morgan fingerprint density at radius 2 is 2.17 bits per heavy atom. The fraction of sp³-hybridized carbons (Fsp3) is 0.636. The van der Waals surface area contributed by atoms with Crippen molar-refractivity contribution in [2.45, 2.75) is 39.1 Å². The maximum atomic E-state index is 5.92. The van der Waals surface area contributed by atoms with Gasteiger partial charge in [-0.3, -0.25) is 0 Å². The van der Waals surface area contributed by atoms with Gasteiger partial charge in [0.15, 0.2) is 5.82 Å².